The van der Waals surface area contributed by atoms with Crippen molar-refractivity contribution in [1.29, 1.82) is 0 Å². The van der Waals surface area contributed by atoms with Crippen molar-refractivity contribution in [2.75, 3.05) is 26.2 Å². The summed E-state index contributed by atoms with van der Waals surface area (Å²) in [6.07, 6.45) is 4.36. The van der Waals surface area contributed by atoms with Crippen molar-refractivity contribution < 1.29 is 14.0 Å². The first-order chi connectivity index (χ1) is 18.0. The van der Waals surface area contributed by atoms with E-state index in [2.05, 4.69) is 35.0 Å². The van der Waals surface area contributed by atoms with E-state index in [0.29, 0.717) is 25.1 Å². The SMILES string of the molecule is CCCN(Cc1nc2cc(CNCCCN3CCCC3=O)ccc2n1CCC)C(=O)c1cccc(F)c1. The molecule has 1 aromatic heterocycles. The van der Waals surface area contributed by atoms with E-state index in [0.717, 1.165) is 80.8 Å². The molecule has 37 heavy (non-hydrogen) atoms. The first-order valence-corrected chi connectivity index (χ1v) is 13.5. The fourth-order valence-corrected chi connectivity index (χ4v) is 4.99. The molecule has 1 aliphatic rings. The fourth-order valence-electron chi connectivity index (χ4n) is 4.99. The lowest BCUT2D eigenvalue weighted by Crippen LogP contribution is -2.32. The number of carbonyl (C=O) groups excluding carboxylic acids is 2. The maximum absolute atomic E-state index is 13.8. The van der Waals surface area contributed by atoms with Crippen LogP contribution in [0.4, 0.5) is 4.39 Å². The van der Waals surface area contributed by atoms with Gasteiger partial charge in [0.25, 0.3) is 5.91 Å². The van der Waals surface area contributed by atoms with Gasteiger partial charge in [-0.15, -0.1) is 0 Å². The Bertz CT molecular complexity index is 1220. The minimum Gasteiger partial charge on any atom is -0.343 e. The zero-order valence-electron chi connectivity index (χ0n) is 22.0. The summed E-state index contributed by atoms with van der Waals surface area (Å²) in [6.45, 7) is 9.22. The molecule has 0 radical (unpaired) electrons. The Morgan fingerprint density at radius 2 is 2.00 bits per heavy atom. The average Bonchev–Trinajstić information content (AvgIpc) is 3.45. The highest BCUT2D eigenvalue weighted by Crippen LogP contribution is 2.21. The molecular formula is C29H38FN5O2. The molecule has 0 saturated carbocycles. The van der Waals surface area contributed by atoms with Gasteiger partial charge in [0.2, 0.25) is 5.91 Å². The van der Waals surface area contributed by atoms with Crippen LogP contribution in [-0.2, 0) is 24.4 Å². The summed E-state index contributed by atoms with van der Waals surface area (Å²) in [5, 5.41) is 3.48. The van der Waals surface area contributed by atoms with Crippen LogP contribution in [0.3, 0.4) is 0 Å². The van der Waals surface area contributed by atoms with Gasteiger partial charge < -0.3 is 19.7 Å². The smallest absolute Gasteiger partial charge is 0.254 e. The Morgan fingerprint density at radius 3 is 2.73 bits per heavy atom. The summed E-state index contributed by atoms with van der Waals surface area (Å²) >= 11 is 0. The lowest BCUT2D eigenvalue weighted by molar-refractivity contribution is -0.127. The second-order valence-electron chi connectivity index (χ2n) is 9.75. The largest absolute Gasteiger partial charge is 0.343 e. The number of imidazole rings is 1. The van der Waals surface area contributed by atoms with Crippen LogP contribution in [0, 0.1) is 5.82 Å². The van der Waals surface area contributed by atoms with Crippen LogP contribution in [0.25, 0.3) is 11.0 Å². The number of nitrogens with zero attached hydrogens (tertiary/aromatic N) is 4. The highest BCUT2D eigenvalue weighted by molar-refractivity contribution is 5.94. The summed E-state index contributed by atoms with van der Waals surface area (Å²) in [6, 6.07) is 12.2. The van der Waals surface area contributed by atoms with Crippen LogP contribution in [0.2, 0.25) is 0 Å². The Morgan fingerprint density at radius 1 is 1.14 bits per heavy atom. The zero-order chi connectivity index (χ0) is 26.2. The number of rotatable bonds is 13. The van der Waals surface area contributed by atoms with Gasteiger partial charge in [-0.2, -0.15) is 0 Å². The number of amides is 2. The van der Waals surface area contributed by atoms with E-state index >= 15 is 0 Å². The Hall–Kier alpha value is -3.26. The number of hydrogen-bond acceptors (Lipinski definition) is 4. The molecule has 0 aliphatic carbocycles. The van der Waals surface area contributed by atoms with Gasteiger partial charge in [-0.3, -0.25) is 9.59 Å². The van der Waals surface area contributed by atoms with Gasteiger partial charge in [0.15, 0.2) is 0 Å². The van der Waals surface area contributed by atoms with E-state index in [9.17, 15) is 14.0 Å². The van der Waals surface area contributed by atoms with Gasteiger partial charge in [0.1, 0.15) is 11.6 Å². The number of benzene rings is 2. The molecule has 8 heteroatoms. The van der Waals surface area contributed by atoms with Crippen molar-refractivity contribution in [3.63, 3.8) is 0 Å². The number of hydrogen-bond donors (Lipinski definition) is 1. The van der Waals surface area contributed by atoms with Crippen molar-refractivity contribution >= 4 is 22.8 Å². The van der Waals surface area contributed by atoms with Gasteiger partial charge in [0.05, 0.1) is 17.6 Å². The molecule has 0 atom stereocenters. The number of nitrogens with one attached hydrogen (secondary N) is 1. The zero-order valence-corrected chi connectivity index (χ0v) is 22.0. The lowest BCUT2D eigenvalue weighted by Gasteiger charge is -2.22. The van der Waals surface area contributed by atoms with Crippen LogP contribution in [0.15, 0.2) is 42.5 Å². The number of fused-ring (bicyclic) bond motifs is 1. The summed E-state index contributed by atoms with van der Waals surface area (Å²) in [7, 11) is 0. The molecule has 4 rings (SSSR count). The third kappa shape index (κ3) is 6.74. The maximum atomic E-state index is 13.8. The standard InChI is InChI=1S/C29H38FN5O2/c1-3-14-34(29(37)23-8-5-9-24(30)19-23)21-27-32-25-18-22(11-12-26(25)35(27)15-4-2)20-31-13-7-17-33-16-6-10-28(33)36/h5,8-9,11-12,18-19,31H,3-4,6-7,10,13-17,20-21H2,1-2H3. The quantitative estimate of drug-likeness (QED) is 0.339. The monoisotopic (exact) mass is 507 g/mol. The van der Waals surface area contributed by atoms with E-state index < -0.39 is 5.82 Å². The maximum Gasteiger partial charge on any atom is 0.254 e. The van der Waals surface area contributed by atoms with Crippen molar-refractivity contribution in [3.05, 3.63) is 65.2 Å². The molecule has 7 nitrogen and oxygen atoms in total. The van der Waals surface area contributed by atoms with Crippen molar-refractivity contribution in [3.8, 4) is 0 Å². The molecule has 0 spiro atoms. The number of aromatic nitrogens is 2. The Balaban J connectivity index is 1.44. The molecule has 2 aromatic carbocycles. The Labute approximate surface area is 218 Å². The van der Waals surface area contributed by atoms with Crippen LogP contribution in [0.5, 0.6) is 0 Å². The molecule has 1 aliphatic heterocycles. The molecule has 1 N–H and O–H groups in total. The summed E-state index contributed by atoms with van der Waals surface area (Å²) in [5.74, 6) is 0.526. The molecular weight excluding hydrogens is 469 g/mol. The van der Waals surface area contributed by atoms with Crippen LogP contribution >= 0.6 is 0 Å². The van der Waals surface area contributed by atoms with Crippen LogP contribution < -0.4 is 5.32 Å². The molecule has 2 heterocycles. The minimum absolute atomic E-state index is 0.183. The first-order valence-electron chi connectivity index (χ1n) is 13.5. The normalized spacial score (nSPS) is 13.6. The predicted molar refractivity (Wildman–Crippen MR) is 144 cm³/mol. The van der Waals surface area contributed by atoms with E-state index in [1.54, 1.807) is 17.0 Å². The van der Waals surface area contributed by atoms with Crippen molar-refractivity contribution in [2.24, 2.45) is 0 Å². The second-order valence-corrected chi connectivity index (χ2v) is 9.75. The van der Waals surface area contributed by atoms with Crippen LogP contribution in [0.1, 0.15) is 67.7 Å². The molecule has 0 bridgehead atoms. The van der Waals surface area contributed by atoms with Gasteiger partial charge >= 0.3 is 0 Å². The minimum atomic E-state index is -0.411. The predicted octanol–water partition coefficient (Wildman–Crippen LogP) is 4.74. The van der Waals surface area contributed by atoms with Crippen molar-refractivity contribution in [2.45, 2.75) is 65.6 Å². The molecule has 3 aromatic rings. The molecule has 1 fully saturated rings. The van der Waals surface area contributed by atoms with Gasteiger partial charge in [0, 0.05) is 44.7 Å². The first kappa shape index (κ1) is 26.8. The number of carbonyl (C=O) groups is 2. The molecule has 1 saturated heterocycles. The highest BCUT2D eigenvalue weighted by Gasteiger charge is 2.21. The van der Waals surface area contributed by atoms with Gasteiger partial charge in [-0.05, 0) is 68.1 Å². The van der Waals surface area contributed by atoms with Gasteiger partial charge in [-0.1, -0.05) is 26.0 Å². The van der Waals surface area contributed by atoms with E-state index in [-0.39, 0.29) is 11.8 Å². The number of aryl methyl sites for hydroxylation is 1. The molecule has 2 amide bonds. The van der Waals surface area contributed by atoms with E-state index in [4.69, 9.17) is 4.98 Å². The van der Waals surface area contributed by atoms with E-state index in [1.807, 2.05) is 11.8 Å². The molecule has 198 valence electrons. The Kier molecular flexibility index (Phi) is 9.28. The third-order valence-corrected chi connectivity index (χ3v) is 6.81. The summed E-state index contributed by atoms with van der Waals surface area (Å²) < 4.78 is 16.0. The lowest BCUT2D eigenvalue weighted by atomic mass is 10.2. The summed E-state index contributed by atoms with van der Waals surface area (Å²) in [5.41, 5.74) is 3.48. The summed E-state index contributed by atoms with van der Waals surface area (Å²) in [4.78, 5) is 33.6. The highest BCUT2D eigenvalue weighted by atomic mass is 19.1. The number of likely N-dealkylation sites (tertiary alicyclic amines) is 1. The van der Waals surface area contributed by atoms with E-state index in [1.165, 1.54) is 12.1 Å². The molecule has 0 unspecified atom stereocenters. The second kappa shape index (κ2) is 12.8. The third-order valence-electron chi connectivity index (χ3n) is 6.81. The average molecular weight is 508 g/mol. The topological polar surface area (TPSA) is 70.5 Å². The number of halogens is 1. The van der Waals surface area contributed by atoms with Crippen LogP contribution in [-0.4, -0.2) is 57.3 Å². The van der Waals surface area contributed by atoms with Gasteiger partial charge in [-0.25, -0.2) is 9.37 Å². The fraction of sp³-hybridized carbons (Fsp3) is 0.483. The van der Waals surface area contributed by atoms with Crippen molar-refractivity contribution in [1.82, 2.24) is 24.7 Å².